The van der Waals surface area contributed by atoms with Gasteiger partial charge in [-0.05, 0) is 31.0 Å². The molecule has 2 aromatic rings. The van der Waals surface area contributed by atoms with Gasteiger partial charge in [0.2, 0.25) is 0 Å². The van der Waals surface area contributed by atoms with Crippen LogP contribution in [0.25, 0.3) is 0 Å². The molecule has 1 aliphatic heterocycles. The van der Waals surface area contributed by atoms with Gasteiger partial charge in [-0.3, -0.25) is 4.90 Å². The molecule has 1 aromatic heterocycles. The van der Waals surface area contributed by atoms with E-state index < -0.39 is 0 Å². The second-order valence-corrected chi connectivity index (χ2v) is 9.17. The summed E-state index contributed by atoms with van der Waals surface area (Å²) in [6.45, 7) is 15.8. The fraction of sp³-hybridized carbons (Fsp3) is 0.583. The van der Waals surface area contributed by atoms with Crippen LogP contribution in [0.2, 0.25) is 0 Å². The van der Waals surface area contributed by atoms with Gasteiger partial charge in [0.25, 0.3) is 0 Å². The number of nitrogens with zero attached hydrogens (tertiary/aromatic N) is 4. The van der Waals surface area contributed by atoms with Crippen LogP contribution in [-0.4, -0.2) is 66.6 Å². The Morgan fingerprint density at radius 3 is 2.35 bits per heavy atom. The molecular formula is C24H38N6S. The first-order valence-corrected chi connectivity index (χ1v) is 12.5. The molecule has 2 heterocycles. The Morgan fingerprint density at radius 2 is 1.71 bits per heavy atom. The largest absolute Gasteiger partial charge is 0.357 e. The molecule has 6 nitrogen and oxygen atoms in total. The summed E-state index contributed by atoms with van der Waals surface area (Å²) < 4.78 is 0. The van der Waals surface area contributed by atoms with Crippen LogP contribution in [0.4, 0.5) is 0 Å². The molecule has 0 amide bonds. The van der Waals surface area contributed by atoms with E-state index in [0.717, 1.165) is 45.0 Å². The second kappa shape index (κ2) is 12.8. The first kappa shape index (κ1) is 23.7. The van der Waals surface area contributed by atoms with Crippen LogP contribution in [-0.2, 0) is 25.9 Å². The van der Waals surface area contributed by atoms with Gasteiger partial charge in [0.05, 0.1) is 11.6 Å². The zero-order valence-corrected chi connectivity index (χ0v) is 20.2. The minimum Gasteiger partial charge on any atom is -0.357 e. The maximum Gasteiger partial charge on any atom is 0.191 e. The monoisotopic (exact) mass is 442 g/mol. The lowest BCUT2D eigenvalue weighted by atomic mass is 10.1. The highest BCUT2D eigenvalue weighted by molar-refractivity contribution is 7.11. The molecule has 1 aromatic carbocycles. The molecule has 0 atom stereocenters. The molecule has 0 radical (unpaired) electrons. The molecule has 1 saturated heterocycles. The first-order chi connectivity index (χ1) is 15.2. The zero-order chi connectivity index (χ0) is 21.9. The number of piperazine rings is 1. The van der Waals surface area contributed by atoms with Crippen molar-refractivity contribution in [2.45, 2.75) is 46.7 Å². The number of nitrogens with one attached hydrogen (secondary N) is 2. The summed E-state index contributed by atoms with van der Waals surface area (Å²) in [5.41, 5.74) is 2.63. The number of aromatic nitrogens is 1. The van der Waals surface area contributed by atoms with Gasteiger partial charge in [0.15, 0.2) is 5.96 Å². The highest BCUT2D eigenvalue weighted by Gasteiger charge is 2.15. The summed E-state index contributed by atoms with van der Waals surface area (Å²) in [6, 6.07) is 8.94. The molecule has 0 unspecified atom stereocenters. The fourth-order valence-corrected chi connectivity index (χ4v) is 4.56. The Bertz CT molecular complexity index is 793. The number of guanidine groups is 1. The van der Waals surface area contributed by atoms with Gasteiger partial charge in [-0.15, -0.1) is 11.3 Å². The van der Waals surface area contributed by atoms with Crippen molar-refractivity contribution in [3.8, 4) is 0 Å². The third-order valence-electron chi connectivity index (χ3n) is 5.69. The van der Waals surface area contributed by atoms with Crippen LogP contribution in [0.3, 0.4) is 0 Å². The van der Waals surface area contributed by atoms with Gasteiger partial charge < -0.3 is 15.5 Å². The summed E-state index contributed by atoms with van der Waals surface area (Å²) in [5.74, 6) is 0.868. The van der Waals surface area contributed by atoms with E-state index in [1.807, 2.05) is 6.20 Å². The number of thiazole rings is 1. The standard InChI is InChI=1S/C24H38N6S/c1-4-22-18-27-23(31-22)11-12-26-24(25-5-2)28-17-20-7-9-21(10-8-20)19-30-15-13-29(6-3)14-16-30/h7-10,18H,4-6,11-17,19H2,1-3H3,(H2,25,26,28). The Hall–Kier alpha value is -1.96. The molecular weight excluding hydrogens is 404 g/mol. The average Bonchev–Trinajstić information content (AvgIpc) is 3.27. The molecule has 0 bridgehead atoms. The fourth-order valence-electron chi connectivity index (χ4n) is 3.70. The van der Waals surface area contributed by atoms with Crippen molar-refractivity contribution in [1.29, 1.82) is 0 Å². The van der Waals surface area contributed by atoms with E-state index in [4.69, 9.17) is 4.99 Å². The second-order valence-electron chi connectivity index (χ2n) is 7.97. The summed E-state index contributed by atoms with van der Waals surface area (Å²) >= 11 is 1.81. The van der Waals surface area contributed by atoms with Crippen molar-refractivity contribution in [1.82, 2.24) is 25.4 Å². The number of hydrogen-bond acceptors (Lipinski definition) is 5. The van der Waals surface area contributed by atoms with Gasteiger partial charge in [-0.2, -0.15) is 0 Å². The Labute approximate surface area is 191 Å². The summed E-state index contributed by atoms with van der Waals surface area (Å²) in [5, 5.41) is 7.96. The molecule has 0 spiro atoms. The van der Waals surface area contributed by atoms with Crippen molar-refractivity contribution in [3.63, 3.8) is 0 Å². The molecule has 3 rings (SSSR count). The van der Waals surface area contributed by atoms with Crippen molar-refractivity contribution >= 4 is 17.3 Å². The van der Waals surface area contributed by atoms with Gasteiger partial charge in [-0.25, -0.2) is 9.98 Å². The third kappa shape index (κ3) is 7.91. The van der Waals surface area contributed by atoms with Crippen molar-refractivity contribution in [3.05, 3.63) is 51.5 Å². The molecule has 1 fully saturated rings. The predicted molar refractivity (Wildman–Crippen MR) is 132 cm³/mol. The van der Waals surface area contributed by atoms with Gasteiger partial charge in [-0.1, -0.05) is 38.1 Å². The number of aliphatic imine (C=N–C) groups is 1. The Kier molecular flexibility index (Phi) is 9.78. The van der Waals surface area contributed by atoms with Crippen LogP contribution in [0.1, 0.15) is 41.8 Å². The topological polar surface area (TPSA) is 55.8 Å². The van der Waals surface area contributed by atoms with E-state index in [9.17, 15) is 0 Å². The number of rotatable bonds is 10. The number of aryl methyl sites for hydroxylation is 1. The molecule has 31 heavy (non-hydrogen) atoms. The average molecular weight is 443 g/mol. The minimum absolute atomic E-state index is 0.683. The maximum absolute atomic E-state index is 4.76. The Morgan fingerprint density at radius 1 is 1.00 bits per heavy atom. The minimum atomic E-state index is 0.683. The lowest BCUT2D eigenvalue weighted by Gasteiger charge is -2.34. The molecule has 2 N–H and O–H groups in total. The van der Waals surface area contributed by atoms with Crippen molar-refractivity contribution < 1.29 is 0 Å². The highest BCUT2D eigenvalue weighted by atomic mass is 32.1. The molecule has 170 valence electrons. The lowest BCUT2D eigenvalue weighted by molar-refractivity contribution is 0.132. The molecule has 1 aliphatic rings. The quantitative estimate of drug-likeness (QED) is 0.437. The van der Waals surface area contributed by atoms with Crippen molar-refractivity contribution in [2.75, 3.05) is 45.8 Å². The van der Waals surface area contributed by atoms with E-state index in [-0.39, 0.29) is 0 Å². The number of likely N-dealkylation sites (N-methyl/N-ethyl adjacent to an activating group) is 1. The van der Waals surface area contributed by atoms with Gasteiger partial charge >= 0.3 is 0 Å². The third-order valence-corrected chi connectivity index (χ3v) is 6.89. The summed E-state index contributed by atoms with van der Waals surface area (Å²) in [4.78, 5) is 15.7. The van der Waals surface area contributed by atoms with Gasteiger partial charge in [0, 0.05) is 63.3 Å². The van der Waals surface area contributed by atoms with E-state index >= 15 is 0 Å². The van der Waals surface area contributed by atoms with E-state index in [0.29, 0.717) is 6.54 Å². The number of hydrogen-bond donors (Lipinski definition) is 2. The molecule has 7 heteroatoms. The van der Waals surface area contributed by atoms with E-state index in [1.165, 1.54) is 47.2 Å². The van der Waals surface area contributed by atoms with Crippen LogP contribution in [0.5, 0.6) is 0 Å². The SMILES string of the molecule is CCNC(=NCc1ccc(CN2CCN(CC)CC2)cc1)NCCc1ncc(CC)s1. The maximum atomic E-state index is 4.76. The number of benzene rings is 1. The predicted octanol–water partition coefficient (Wildman–Crippen LogP) is 3.14. The van der Waals surface area contributed by atoms with Crippen LogP contribution in [0, 0.1) is 0 Å². The van der Waals surface area contributed by atoms with Crippen molar-refractivity contribution in [2.24, 2.45) is 4.99 Å². The Balaban J connectivity index is 1.45. The smallest absolute Gasteiger partial charge is 0.191 e. The van der Waals surface area contributed by atoms with E-state index in [2.05, 4.69) is 70.5 Å². The van der Waals surface area contributed by atoms with Gasteiger partial charge in [0.1, 0.15) is 0 Å². The summed E-state index contributed by atoms with van der Waals surface area (Å²) in [7, 11) is 0. The zero-order valence-electron chi connectivity index (χ0n) is 19.4. The molecule has 0 aliphatic carbocycles. The normalized spacial score (nSPS) is 15.9. The first-order valence-electron chi connectivity index (χ1n) is 11.7. The summed E-state index contributed by atoms with van der Waals surface area (Å²) in [6.07, 6.45) is 3.98. The highest BCUT2D eigenvalue weighted by Crippen LogP contribution is 2.13. The van der Waals surface area contributed by atoms with Crippen LogP contribution in [0.15, 0.2) is 35.5 Å². The van der Waals surface area contributed by atoms with Crippen LogP contribution >= 0.6 is 11.3 Å². The molecule has 0 saturated carbocycles. The van der Waals surface area contributed by atoms with E-state index in [1.54, 1.807) is 11.3 Å². The lowest BCUT2D eigenvalue weighted by Crippen LogP contribution is -2.45. The van der Waals surface area contributed by atoms with Crippen LogP contribution < -0.4 is 10.6 Å².